The van der Waals surface area contributed by atoms with Gasteiger partial charge in [0.05, 0.1) is 25.8 Å². The Hall–Kier alpha value is -3.80. The monoisotopic (exact) mass is 515 g/mol. The first-order valence-electron chi connectivity index (χ1n) is 12.3. The minimum Gasteiger partial charge on any atom is -0.507 e. The zero-order valence-electron chi connectivity index (χ0n) is 21.0. The largest absolute Gasteiger partial charge is 0.507 e. The maximum atomic E-state index is 12.5. The summed E-state index contributed by atoms with van der Waals surface area (Å²) in [5.74, 6) is 0.466. The van der Waals surface area contributed by atoms with Gasteiger partial charge in [-0.25, -0.2) is 4.79 Å². The van der Waals surface area contributed by atoms with E-state index in [0.717, 1.165) is 31.4 Å². The number of aromatic amines is 1. The number of aromatic hydroxyl groups is 1. The van der Waals surface area contributed by atoms with Gasteiger partial charge in [-0.1, -0.05) is 0 Å². The molecule has 12 nitrogen and oxygen atoms in total. The highest BCUT2D eigenvalue weighted by atomic mass is 16.6. The highest BCUT2D eigenvalue weighted by molar-refractivity contribution is 5.92. The molecule has 12 heteroatoms. The molecule has 2 saturated carbocycles. The number of anilines is 1. The Kier molecular flexibility index (Phi) is 8.17. The number of H-pyrrole nitrogens is 1. The quantitative estimate of drug-likeness (QED) is 0.285. The van der Waals surface area contributed by atoms with Crippen LogP contribution in [0.1, 0.15) is 56.2 Å². The summed E-state index contributed by atoms with van der Waals surface area (Å²) in [6.45, 7) is 1.68. The van der Waals surface area contributed by atoms with Crippen LogP contribution in [-0.2, 0) is 9.53 Å². The second kappa shape index (κ2) is 11.5. The second-order valence-corrected chi connectivity index (χ2v) is 9.59. The molecule has 5 N–H and O–H groups in total. The molecule has 2 aliphatic rings. The van der Waals surface area contributed by atoms with Crippen molar-refractivity contribution in [1.29, 1.82) is 0 Å². The van der Waals surface area contributed by atoms with Crippen LogP contribution in [0.5, 0.6) is 17.2 Å². The molecule has 2 aliphatic carbocycles. The van der Waals surface area contributed by atoms with E-state index in [1.165, 1.54) is 25.5 Å². The predicted molar refractivity (Wildman–Crippen MR) is 135 cm³/mol. The number of phenols is 1. The van der Waals surface area contributed by atoms with Crippen LogP contribution >= 0.6 is 0 Å². The van der Waals surface area contributed by atoms with Gasteiger partial charge in [-0.15, -0.1) is 0 Å². The number of aliphatic hydroxyl groups is 1. The number of benzene rings is 1. The van der Waals surface area contributed by atoms with Gasteiger partial charge in [0.15, 0.2) is 12.4 Å². The SMILES string of the molecule is COc1cc(O)c(/C=N/CCO)c(OCC(=O)Nc2cc([C@H]3CC[C@@H](OC(=O)NC4(C)CC4)C3)[nH]n2)c1. The average Bonchev–Trinajstić information content (AvgIpc) is 3.22. The number of hydrogen-bond acceptors (Lipinski definition) is 9. The topological polar surface area (TPSA) is 167 Å². The molecule has 1 aromatic carbocycles. The van der Waals surface area contributed by atoms with Crippen LogP contribution in [0.15, 0.2) is 23.2 Å². The van der Waals surface area contributed by atoms with Crippen LogP contribution in [-0.4, -0.2) is 77.1 Å². The molecule has 2 atom stereocenters. The number of rotatable bonds is 11. The van der Waals surface area contributed by atoms with Crippen LogP contribution in [0.2, 0.25) is 0 Å². The van der Waals surface area contributed by atoms with Crippen molar-refractivity contribution in [3.8, 4) is 17.2 Å². The van der Waals surface area contributed by atoms with E-state index in [4.69, 9.17) is 19.3 Å². The van der Waals surface area contributed by atoms with Crippen molar-refractivity contribution in [2.45, 2.75) is 56.6 Å². The number of ether oxygens (including phenoxy) is 3. The normalized spacial score (nSPS) is 20.0. The van der Waals surface area contributed by atoms with Gasteiger partial charge in [0.25, 0.3) is 5.91 Å². The number of amides is 2. The van der Waals surface area contributed by atoms with Gasteiger partial charge in [0.2, 0.25) is 0 Å². The average molecular weight is 516 g/mol. The highest BCUT2D eigenvalue weighted by Crippen LogP contribution is 2.37. The number of hydrogen-bond donors (Lipinski definition) is 5. The van der Waals surface area contributed by atoms with Crippen LogP contribution in [0.4, 0.5) is 10.6 Å². The fourth-order valence-corrected chi connectivity index (χ4v) is 4.17. The molecule has 2 aromatic rings. The Labute approximate surface area is 214 Å². The number of phenolic OH excluding ortho intramolecular Hbond substituents is 1. The second-order valence-electron chi connectivity index (χ2n) is 9.59. The molecule has 4 rings (SSSR count). The smallest absolute Gasteiger partial charge is 0.407 e. The summed E-state index contributed by atoms with van der Waals surface area (Å²) in [7, 11) is 1.45. The van der Waals surface area contributed by atoms with Gasteiger partial charge >= 0.3 is 6.09 Å². The lowest BCUT2D eigenvalue weighted by atomic mass is 10.0. The van der Waals surface area contributed by atoms with Gasteiger partial charge in [-0.05, 0) is 39.0 Å². The van der Waals surface area contributed by atoms with Gasteiger partial charge in [-0.3, -0.25) is 14.9 Å². The van der Waals surface area contributed by atoms with E-state index >= 15 is 0 Å². The third-order valence-corrected chi connectivity index (χ3v) is 6.50. The molecule has 37 heavy (non-hydrogen) atoms. The van der Waals surface area contributed by atoms with Crippen LogP contribution < -0.4 is 20.1 Å². The number of alkyl carbamates (subject to hydrolysis) is 1. The minimum absolute atomic E-state index is 0.114. The van der Waals surface area contributed by atoms with E-state index in [0.29, 0.717) is 18.0 Å². The van der Waals surface area contributed by atoms with Gasteiger partial charge < -0.3 is 35.1 Å². The van der Waals surface area contributed by atoms with E-state index in [-0.39, 0.29) is 60.5 Å². The predicted octanol–water partition coefficient (Wildman–Crippen LogP) is 2.47. The zero-order valence-corrected chi connectivity index (χ0v) is 21.0. The van der Waals surface area contributed by atoms with Crippen molar-refractivity contribution in [3.63, 3.8) is 0 Å². The van der Waals surface area contributed by atoms with E-state index in [9.17, 15) is 14.7 Å². The molecular formula is C25H33N5O7. The van der Waals surface area contributed by atoms with Crippen LogP contribution in [0.25, 0.3) is 0 Å². The highest BCUT2D eigenvalue weighted by Gasteiger charge is 2.40. The van der Waals surface area contributed by atoms with Gasteiger partial charge in [-0.2, -0.15) is 5.10 Å². The van der Waals surface area contributed by atoms with E-state index in [1.807, 2.05) is 6.92 Å². The fourth-order valence-electron chi connectivity index (χ4n) is 4.17. The number of methoxy groups -OCH3 is 1. The fraction of sp³-hybridized carbons (Fsp3) is 0.520. The van der Waals surface area contributed by atoms with E-state index in [1.54, 1.807) is 6.07 Å². The molecule has 1 aromatic heterocycles. The van der Waals surface area contributed by atoms with Crippen LogP contribution in [0, 0.1) is 0 Å². The van der Waals surface area contributed by atoms with Crippen LogP contribution in [0.3, 0.4) is 0 Å². The van der Waals surface area contributed by atoms with Crippen molar-refractivity contribution >= 4 is 24.0 Å². The first kappa shape index (κ1) is 26.3. The molecule has 0 unspecified atom stereocenters. The molecular weight excluding hydrogens is 482 g/mol. The summed E-state index contributed by atoms with van der Waals surface area (Å²) in [5.41, 5.74) is 1.01. The Morgan fingerprint density at radius 3 is 2.84 bits per heavy atom. The van der Waals surface area contributed by atoms with Crippen molar-refractivity contribution < 1.29 is 34.0 Å². The molecule has 2 fully saturated rings. The summed E-state index contributed by atoms with van der Waals surface area (Å²) >= 11 is 0. The van der Waals surface area contributed by atoms with Gasteiger partial charge in [0.1, 0.15) is 23.4 Å². The molecule has 200 valence electrons. The molecule has 0 radical (unpaired) electrons. The summed E-state index contributed by atoms with van der Waals surface area (Å²) < 4.78 is 16.3. The number of carbonyl (C=O) groups is 2. The van der Waals surface area contributed by atoms with Crippen molar-refractivity contribution in [1.82, 2.24) is 15.5 Å². The third-order valence-electron chi connectivity index (χ3n) is 6.50. The van der Waals surface area contributed by atoms with E-state index < -0.39 is 5.91 Å². The summed E-state index contributed by atoms with van der Waals surface area (Å²) in [5, 5.41) is 31.9. The van der Waals surface area contributed by atoms with Crippen molar-refractivity contribution in [2.24, 2.45) is 4.99 Å². The summed E-state index contributed by atoms with van der Waals surface area (Å²) in [6.07, 6.45) is 5.09. The third kappa shape index (κ3) is 7.13. The zero-order chi connectivity index (χ0) is 26.4. The number of nitrogens with one attached hydrogen (secondary N) is 3. The first-order valence-corrected chi connectivity index (χ1v) is 12.3. The molecule has 0 bridgehead atoms. The number of aliphatic imine (C=N–C) groups is 1. The summed E-state index contributed by atoms with van der Waals surface area (Å²) in [6, 6.07) is 4.70. The van der Waals surface area contributed by atoms with Crippen molar-refractivity contribution in [3.05, 3.63) is 29.5 Å². The van der Waals surface area contributed by atoms with E-state index in [2.05, 4.69) is 25.8 Å². The molecule has 1 heterocycles. The maximum Gasteiger partial charge on any atom is 0.407 e. The Morgan fingerprint density at radius 1 is 1.30 bits per heavy atom. The lowest BCUT2D eigenvalue weighted by Crippen LogP contribution is -2.36. The lowest BCUT2D eigenvalue weighted by molar-refractivity contribution is -0.118. The Bertz CT molecular complexity index is 1140. The molecule has 0 saturated heterocycles. The van der Waals surface area contributed by atoms with Crippen molar-refractivity contribution in [2.75, 3.05) is 32.2 Å². The Morgan fingerprint density at radius 2 is 2.11 bits per heavy atom. The lowest BCUT2D eigenvalue weighted by Gasteiger charge is -2.16. The number of aromatic nitrogens is 2. The standard InChI is InChI=1S/C25H33N5O7/c1-25(5-6-25)28-24(34)37-16-4-3-15(9-16)19-12-22(30-29-19)27-23(33)14-36-21-11-17(35-2)10-20(32)18(21)13-26-7-8-31/h10-13,15-16,31-32H,3-9,14H2,1-2H3,(H,28,34)(H2,27,29,30,33)/b26-13+/t15-,16+/m0/s1. The van der Waals surface area contributed by atoms with Gasteiger partial charge in [0, 0.05) is 41.6 Å². The number of aliphatic hydroxyl groups excluding tert-OH is 1. The number of carbonyl (C=O) groups excluding carboxylic acids is 2. The molecule has 2 amide bonds. The molecule has 0 spiro atoms. The molecule has 0 aliphatic heterocycles. The maximum absolute atomic E-state index is 12.5. The number of nitrogens with zero attached hydrogens (tertiary/aromatic N) is 2. The minimum atomic E-state index is -0.448. The first-order chi connectivity index (χ1) is 17.8. The Balaban J connectivity index is 1.29. The summed E-state index contributed by atoms with van der Waals surface area (Å²) in [4.78, 5) is 28.6.